The smallest absolute Gasteiger partial charge is 0.133 e. The summed E-state index contributed by atoms with van der Waals surface area (Å²) in [6.45, 7) is 4.20. The molecule has 0 spiro atoms. The molecule has 4 heteroatoms. The number of aryl methyl sites for hydroxylation is 2. The molecule has 0 aliphatic rings. The first-order valence-corrected chi connectivity index (χ1v) is 7.15. The van der Waals surface area contributed by atoms with Gasteiger partial charge in [-0.1, -0.05) is 48.5 Å². The summed E-state index contributed by atoms with van der Waals surface area (Å²) in [6, 6.07) is 10.1. The third-order valence-electron chi connectivity index (χ3n) is 2.50. The van der Waals surface area contributed by atoms with Crippen molar-refractivity contribution in [3.63, 3.8) is 0 Å². The molecule has 18 heavy (non-hydrogen) atoms. The van der Waals surface area contributed by atoms with E-state index in [1.165, 1.54) is 10.5 Å². The van der Waals surface area contributed by atoms with E-state index in [2.05, 4.69) is 35.9 Å². The number of aromatic nitrogens is 2. The average Bonchev–Trinajstić information content (AvgIpc) is 2.32. The van der Waals surface area contributed by atoms with Gasteiger partial charge in [-0.2, -0.15) is 0 Å². The SMILES string of the molecule is CCCc1nc(Cl)cc(Sc2ccccc2C)n1. The fourth-order valence-electron chi connectivity index (χ4n) is 1.61. The summed E-state index contributed by atoms with van der Waals surface area (Å²) >= 11 is 7.66. The van der Waals surface area contributed by atoms with E-state index in [0.717, 1.165) is 23.7 Å². The first kappa shape index (κ1) is 13.4. The van der Waals surface area contributed by atoms with Crippen LogP contribution in [0.2, 0.25) is 5.15 Å². The minimum atomic E-state index is 0.518. The summed E-state index contributed by atoms with van der Waals surface area (Å²) in [7, 11) is 0. The van der Waals surface area contributed by atoms with Gasteiger partial charge in [-0.3, -0.25) is 0 Å². The van der Waals surface area contributed by atoms with Gasteiger partial charge in [-0.05, 0) is 25.0 Å². The predicted octanol–water partition coefficient (Wildman–Crippen LogP) is 4.54. The molecule has 0 saturated heterocycles. The van der Waals surface area contributed by atoms with Crippen molar-refractivity contribution in [1.29, 1.82) is 0 Å². The van der Waals surface area contributed by atoms with Crippen LogP contribution >= 0.6 is 23.4 Å². The van der Waals surface area contributed by atoms with Crippen LogP contribution in [0.3, 0.4) is 0 Å². The standard InChI is InChI=1S/C14H15ClN2S/c1-3-6-13-16-12(15)9-14(17-13)18-11-8-5-4-7-10(11)2/h4-5,7-9H,3,6H2,1-2H3. The lowest BCUT2D eigenvalue weighted by Gasteiger charge is -2.06. The van der Waals surface area contributed by atoms with Crippen LogP contribution < -0.4 is 0 Å². The number of rotatable bonds is 4. The van der Waals surface area contributed by atoms with Gasteiger partial charge in [-0.25, -0.2) is 9.97 Å². The Balaban J connectivity index is 2.26. The first-order chi connectivity index (χ1) is 8.69. The second-order valence-electron chi connectivity index (χ2n) is 4.06. The van der Waals surface area contributed by atoms with E-state index in [-0.39, 0.29) is 0 Å². The minimum absolute atomic E-state index is 0.518. The molecule has 2 aromatic rings. The van der Waals surface area contributed by atoms with Gasteiger partial charge in [0.25, 0.3) is 0 Å². The van der Waals surface area contributed by atoms with Crippen molar-refractivity contribution in [1.82, 2.24) is 9.97 Å². The normalized spacial score (nSPS) is 10.6. The Hall–Kier alpha value is -1.06. The van der Waals surface area contributed by atoms with Gasteiger partial charge in [0.1, 0.15) is 16.0 Å². The topological polar surface area (TPSA) is 25.8 Å². The van der Waals surface area contributed by atoms with Crippen molar-refractivity contribution in [2.45, 2.75) is 36.6 Å². The van der Waals surface area contributed by atoms with Crippen molar-refractivity contribution in [3.8, 4) is 0 Å². The monoisotopic (exact) mass is 278 g/mol. The van der Waals surface area contributed by atoms with Gasteiger partial charge in [0.15, 0.2) is 0 Å². The molecule has 0 aliphatic carbocycles. The summed E-state index contributed by atoms with van der Waals surface area (Å²) in [4.78, 5) is 9.96. The van der Waals surface area contributed by atoms with Crippen molar-refractivity contribution < 1.29 is 0 Å². The Morgan fingerprint density at radius 3 is 2.72 bits per heavy atom. The average molecular weight is 279 g/mol. The van der Waals surface area contributed by atoms with Crippen LogP contribution in [-0.2, 0) is 6.42 Å². The zero-order chi connectivity index (χ0) is 13.0. The van der Waals surface area contributed by atoms with Gasteiger partial charge in [-0.15, -0.1) is 0 Å². The van der Waals surface area contributed by atoms with Crippen LogP contribution in [0.4, 0.5) is 0 Å². The quantitative estimate of drug-likeness (QED) is 0.768. The highest BCUT2D eigenvalue weighted by Crippen LogP contribution is 2.29. The zero-order valence-corrected chi connectivity index (χ0v) is 12.1. The highest BCUT2D eigenvalue weighted by Gasteiger charge is 2.06. The summed E-state index contributed by atoms with van der Waals surface area (Å²) < 4.78 is 0. The maximum Gasteiger partial charge on any atom is 0.133 e. The molecule has 0 bridgehead atoms. The van der Waals surface area contributed by atoms with E-state index < -0.39 is 0 Å². The van der Waals surface area contributed by atoms with E-state index in [1.807, 2.05) is 18.2 Å². The molecule has 0 radical (unpaired) electrons. The van der Waals surface area contributed by atoms with Gasteiger partial charge in [0, 0.05) is 17.4 Å². The molecule has 0 saturated carbocycles. The minimum Gasteiger partial charge on any atom is -0.226 e. The molecule has 2 rings (SSSR count). The van der Waals surface area contributed by atoms with Gasteiger partial charge < -0.3 is 0 Å². The molecule has 2 nitrogen and oxygen atoms in total. The highest BCUT2D eigenvalue weighted by atomic mass is 35.5. The molecule has 0 amide bonds. The summed E-state index contributed by atoms with van der Waals surface area (Å²) in [5.41, 5.74) is 1.24. The van der Waals surface area contributed by atoms with Crippen molar-refractivity contribution in [2.24, 2.45) is 0 Å². The van der Waals surface area contributed by atoms with Gasteiger partial charge >= 0.3 is 0 Å². The predicted molar refractivity (Wildman–Crippen MR) is 76.3 cm³/mol. The van der Waals surface area contributed by atoms with Gasteiger partial charge in [0.05, 0.1) is 0 Å². The Labute approximate surface area is 117 Å². The number of halogens is 1. The first-order valence-electron chi connectivity index (χ1n) is 5.96. The number of hydrogen-bond acceptors (Lipinski definition) is 3. The lowest BCUT2D eigenvalue weighted by Crippen LogP contribution is -1.96. The molecule has 1 aromatic heterocycles. The Kier molecular flexibility index (Phi) is 4.61. The molecule has 0 unspecified atom stereocenters. The van der Waals surface area contributed by atoms with Crippen molar-refractivity contribution in [2.75, 3.05) is 0 Å². The Morgan fingerprint density at radius 2 is 2.00 bits per heavy atom. The third-order valence-corrected chi connectivity index (χ3v) is 3.79. The number of benzene rings is 1. The molecule has 0 N–H and O–H groups in total. The van der Waals surface area contributed by atoms with Crippen LogP contribution in [0, 0.1) is 6.92 Å². The fourth-order valence-corrected chi connectivity index (χ4v) is 2.80. The van der Waals surface area contributed by atoms with E-state index in [9.17, 15) is 0 Å². The molecule has 0 aliphatic heterocycles. The van der Waals surface area contributed by atoms with Crippen LogP contribution in [0.15, 0.2) is 40.3 Å². The van der Waals surface area contributed by atoms with Crippen molar-refractivity contribution >= 4 is 23.4 Å². The molecular formula is C14H15ClN2S. The van der Waals surface area contributed by atoms with E-state index in [4.69, 9.17) is 11.6 Å². The summed E-state index contributed by atoms with van der Waals surface area (Å²) in [5.74, 6) is 0.820. The fraction of sp³-hybridized carbons (Fsp3) is 0.286. The lowest BCUT2D eigenvalue weighted by molar-refractivity contribution is 0.809. The molecule has 0 fully saturated rings. The van der Waals surface area contributed by atoms with E-state index in [1.54, 1.807) is 11.8 Å². The third kappa shape index (κ3) is 3.47. The molecule has 1 aromatic carbocycles. The van der Waals surface area contributed by atoms with Crippen LogP contribution in [-0.4, -0.2) is 9.97 Å². The van der Waals surface area contributed by atoms with Crippen LogP contribution in [0.1, 0.15) is 24.7 Å². The highest BCUT2D eigenvalue weighted by molar-refractivity contribution is 7.99. The molecule has 0 atom stereocenters. The second kappa shape index (κ2) is 6.21. The van der Waals surface area contributed by atoms with E-state index >= 15 is 0 Å². The Bertz CT molecular complexity index is 543. The second-order valence-corrected chi connectivity index (χ2v) is 5.51. The lowest BCUT2D eigenvalue weighted by atomic mass is 10.2. The molecular weight excluding hydrogens is 264 g/mol. The Morgan fingerprint density at radius 1 is 1.22 bits per heavy atom. The summed E-state index contributed by atoms with van der Waals surface area (Å²) in [5, 5.41) is 1.43. The van der Waals surface area contributed by atoms with Crippen LogP contribution in [0.5, 0.6) is 0 Å². The van der Waals surface area contributed by atoms with E-state index in [0.29, 0.717) is 5.15 Å². The number of hydrogen-bond donors (Lipinski definition) is 0. The maximum absolute atomic E-state index is 6.03. The van der Waals surface area contributed by atoms with Crippen LogP contribution in [0.25, 0.3) is 0 Å². The van der Waals surface area contributed by atoms with Gasteiger partial charge in [0.2, 0.25) is 0 Å². The summed E-state index contributed by atoms with van der Waals surface area (Å²) in [6.07, 6.45) is 1.89. The maximum atomic E-state index is 6.03. The molecule has 1 heterocycles. The largest absolute Gasteiger partial charge is 0.226 e. The zero-order valence-electron chi connectivity index (χ0n) is 10.5. The molecule has 94 valence electrons. The number of nitrogens with zero attached hydrogens (tertiary/aromatic N) is 2. The van der Waals surface area contributed by atoms with Crippen molar-refractivity contribution in [3.05, 3.63) is 46.9 Å².